The van der Waals surface area contributed by atoms with Crippen molar-refractivity contribution in [2.75, 3.05) is 37.7 Å². The van der Waals surface area contributed by atoms with Gasteiger partial charge < -0.3 is 9.64 Å². The summed E-state index contributed by atoms with van der Waals surface area (Å²) >= 11 is 6.14. The van der Waals surface area contributed by atoms with Gasteiger partial charge in [0.1, 0.15) is 17.9 Å². The van der Waals surface area contributed by atoms with Gasteiger partial charge in [-0.2, -0.15) is 9.40 Å². The van der Waals surface area contributed by atoms with Crippen molar-refractivity contribution in [2.45, 2.75) is 11.8 Å². The van der Waals surface area contributed by atoms with Gasteiger partial charge in [0.05, 0.1) is 28.8 Å². The van der Waals surface area contributed by atoms with E-state index in [9.17, 15) is 8.42 Å². The average molecular weight is 499 g/mol. The Balaban J connectivity index is 1.35. The molecule has 0 unspecified atom stereocenters. The second-order valence-electron chi connectivity index (χ2n) is 7.77. The van der Waals surface area contributed by atoms with Gasteiger partial charge in [-0.25, -0.2) is 23.1 Å². The molecular formula is C23H23ClN6O3S. The number of halogens is 1. The maximum absolute atomic E-state index is 13.1. The summed E-state index contributed by atoms with van der Waals surface area (Å²) < 4.78 is 34.9. The van der Waals surface area contributed by atoms with Crippen molar-refractivity contribution >= 4 is 38.5 Å². The summed E-state index contributed by atoms with van der Waals surface area (Å²) in [4.78, 5) is 11.2. The highest BCUT2D eigenvalue weighted by Gasteiger charge is 2.30. The van der Waals surface area contributed by atoms with Crippen LogP contribution >= 0.6 is 11.6 Å². The molecule has 3 heterocycles. The van der Waals surface area contributed by atoms with Crippen molar-refractivity contribution in [3.63, 3.8) is 0 Å². The lowest BCUT2D eigenvalue weighted by Crippen LogP contribution is -2.49. The van der Waals surface area contributed by atoms with Crippen molar-refractivity contribution in [3.8, 4) is 11.4 Å². The van der Waals surface area contributed by atoms with E-state index < -0.39 is 10.0 Å². The Labute approximate surface area is 202 Å². The van der Waals surface area contributed by atoms with Gasteiger partial charge in [-0.05, 0) is 49.4 Å². The second-order valence-corrected chi connectivity index (χ2v) is 10.1. The number of ether oxygens (including phenoxy) is 1. The Morgan fingerprint density at radius 1 is 1.03 bits per heavy atom. The highest BCUT2D eigenvalue weighted by atomic mass is 35.5. The Morgan fingerprint density at radius 2 is 1.79 bits per heavy atom. The van der Waals surface area contributed by atoms with Crippen LogP contribution in [0.15, 0.2) is 66.0 Å². The highest BCUT2D eigenvalue weighted by Crippen LogP contribution is 2.27. The molecule has 176 valence electrons. The topological polar surface area (TPSA) is 93.5 Å². The molecule has 0 radical (unpaired) electrons. The van der Waals surface area contributed by atoms with E-state index in [0.29, 0.717) is 49.2 Å². The lowest BCUT2D eigenvalue weighted by molar-refractivity contribution is 0.340. The van der Waals surface area contributed by atoms with E-state index in [1.165, 1.54) is 10.6 Å². The summed E-state index contributed by atoms with van der Waals surface area (Å²) in [5.74, 6) is 1.38. The summed E-state index contributed by atoms with van der Waals surface area (Å²) in [6, 6.07) is 13.9. The quantitative estimate of drug-likeness (QED) is 0.402. The Morgan fingerprint density at radius 3 is 2.50 bits per heavy atom. The molecule has 1 fully saturated rings. The standard InChI is InChI=1S/C23H23ClN6O3S/c1-2-33-19-6-8-20(9-7-19)34(31,32)29-12-10-28(11-13-29)22-21-15-27-30(23(21)26-16-25-22)18-5-3-4-17(24)14-18/h3-9,14-16H,2,10-13H2,1H3. The first-order valence-electron chi connectivity index (χ1n) is 10.9. The van der Waals surface area contributed by atoms with Crippen molar-refractivity contribution in [1.29, 1.82) is 0 Å². The lowest BCUT2D eigenvalue weighted by Gasteiger charge is -2.34. The lowest BCUT2D eigenvalue weighted by atomic mass is 10.3. The first-order valence-corrected chi connectivity index (χ1v) is 12.7. The van der Waals surface area contributed by atoms with Crippen molar-refractivity contribution in [3.05, 3.63) is 66.1 Å². The van der Waals surface area contributed by atoms with E-state index in [1.54, 1.807) is 41.2 Å². The molecule has 4 aromatic rings. The van der Waals surface area contributed by atoms with Gasteiger partial charge in [0.25, 0.3) is 0 Å². The van der Waals surface area contributed by atoms with Gasteiger partial charge in [-0.1, -0.05) is 17.7 Å². The molecule has 0 amide bonds. The van der Waals surface area contributed by atoms with E-state index in [0.717, 1.165) is 16.9 Å². The van der Waals surface area contributed by atoms with Crippen molar-refractivity contribution < 1.29 is 13.2 Å². The fourth-order valence-corrected chi connectivity index (χ4v) is 5.65. The SMILES string of the molecule is CCOc1ccc(S(=O)(=O)N2CCN(c3ncnc4c3cnn4-c3cccc(Cl)c3)CC2)cc1. The Bertz CT molecular complexity index is 1420. The summed E-state index contributed by atoms with van der Waals surface area (Å²) in [5, 5.41) is 5.90. The van der Waals surface area contributed by atoms with E-state index in [2.05, 4.69) is 20.0 Å². The number of piperazine rings is 1. The van der Waals surface area contributed by atoms with Crippen molar-refractivity contribution in [1.82, 2.24) is 24.1 Å². The van der Waals surface area contributed by atoms with Crippen LogP contribution in [0.5, 0.6) is 5.75 Å². The maximum atomic E-state index is 13.1. The second kappa shape index (κ2) is 9.21. The average Bonchev–Trinajstić information content (AvgIpc) is 3.29. The van der Waals surface area contributed by atoms with Gasteiger partial charge in [-0.3, -0.25) is 0 Å². The van der Waals surface area contributed by atoms with E-state index in [-0.39, 0.29) is 4.90 Å². The zero-order chi connectivity index (χ0) is 23.7. The molecule has 2 aromatic heterocycles. The van der Waals surface area contributed by atoms with Gasteiger partial charge in [0.2, 0.25) is 10.0 Å². The van der Waals surface area contributed by atoms with Gasteiger partial charge in [0, 0.05) is 31.2 Å². The number of rotatable bonds is 6. The molecule has 1 aliphatic heterocycles. The first kappa shape index (κ1) is 22.6. The van der Waals surface area contributed by atoms with E-state index >= 15 is 0 Å². The normalized spacial score (nSPS) is 15.1. The molecule has 0 spiro atoms. The molecule has 34 heavy (non-hydrogen) atoms. The Kier molecular flexibility index (Phi) is 6.11. The van der Waals surface area contributed by atoms with E-state index in [4.69, 9.17) is 16.3 Å². The molecule has 0 aliphatic carbocycles. The molecule has 11 heteroatoms. The molecular weight excluding hydrogens is 476 g/mol. The van der Waals surface area contributed by atoms with E-state index in [1.807, 2.05) is 25.1 Å². The van der Waals surface area contributed by atoms with Crippen LogP contribution in [0, 0.1) is 0 Å². The molecule has 0 bridgehead atoms. The molecule has 0 atom stereocenters. The summed E-state index contributed by atoms with van der Waals surface area (Å²) in [6.45, 7) is 4.13. The van der Waals surface area contributed by atoms with Crippen LogP contribution in [0.4, 0.5) is 5.82 Å². The summed E-state index contributed by atoms with van der Waals surface area (Å²) in [7, 11) is -3.59. The number of sulfonamides is 1. The number of nitrogens with zero attached hydrogens (tertiary/aromatic N) is 6. The molecule has 1 aliphatic rings. The highest BCUT2D eigenvalue weighted by molar-refractivity contribution is 7.89. The van der Waals surface area contributed by atoms with Crippen LogP contribution in [0.3, 0.4) is 0 Å². The number of fused-ring (bicyclic) bond motifs is 1. The fraction of sp³-hybridized carbons (Fsp3) is 0.261. The molecule has 2 aromatic carbocycles. The minimum absolute atomic E-state index is 0.261. The van der Waals surface area contributed by atoms with Crippen LogP contribution in [0.1, 0.15) is 6.92 Å². The zero-order valence-electron chi connectivity index (χ0n) is 18.5. The minimum Gasteiger partial charge on any atom is -0.494 e. The largest absolute Gasteiger partial charge is 0.494 e. The van der Waals surface area contributed by atoms with Crippen LogP contribution in [0.2, 0.25) is 5.02 Å². The van der Waals surface area contributed by atoms with Crippen molar-refractivity contribution in [2.24, 2.45) is 0 Å². The van der Waals surface area contributed by atoms with Crippen LogP contribution in [-0.4, -0.2) is 65.3 Å². The summed E-state index contributed by atoms with van der Waals surface area (Å²) in [5.41, 5.74) is 1.47. The fourth-order valence-electron chi connectivity index (χ4n) is 4.04. The molecule has 5 rings (SSSR count). The van der Waals surface area contributed by atoms with Crippen LogP contribution < -0.4 is 9.64 Å². The smallest absolute Gasteiger partial charge is 0.243 e. The van der Waals surface area contributed by atoms with Gasteiger partial charge in [-0.15, -0.1) is 0 Å². The minimum atomic E-state index is -3.59. The molecule has 0 saturated carbocycles. The predicted molar refractivity (Wildman–Crippen MR) is 130 cm³/mol. The summed E-state index contributed by atoms with van der Waals surface area (Å²) in [6.07, 6.45) is 3.23. The van der Waals surface area contributed by atoms with Crippen LogP contribution in [-0.2, 0) is 10.0 Å². The van der Waals surface area contributed by atoms with Gasteiger partial charge >= 0.3 is 0 Å². The third kappa shape index (κ3) is 4.20. The number of aromatic nitrogens is 4. The maximum Gasteiger partial charge on any atom is 0.243 e. The van der Waals surface area contributed by atoms with Crippen LogP contribution in [0.25, 0.3) is 16.7 Å². The first-order chi connectivity index (χ1) is 16.5. The number of hydrogen-bond donors (Lipinski definition) is 0. The third-order valence-electron chi connectivity index (χ3n) is 5.71. The predicted octanol–water partition coefficient (Wildman–Crippen LogP) is 3.38. The molecule has 1 saturated heterocycles. The number of hydrogen-bond acceptors (Lipinski definition) is 7. The monoisotopic (exact) mass is 498 g/mol. The van der Waals surface area contributed by atoms with Gasteiger partial charge in [0.15, 0.2) is 5.65 Å². The third-order valence-corrected chi connectivity index (χ3v) is 7.86. The number of benzene rings is 2. The molecule has 0 N–H and O–H groups in total. The number of anilines is 1. The Hall–Kier alpha value is -3.21. The zero-order valence-corrected chi connectivity index (χ0v) is 20.1. The molecule has 9 nitrogen and oxygen atoms in total.